The maximum Gasteiger partial charge on any atom is 0.311 e. The van der Waals surface area contributed by atoms with Crippen molar-refractivity contribution < 1.29 is 14.7 Å². The quantitative estimate of drug-likeness (QED) is 0.801. The number of carboxylic acids is 1. The Labute approximate surface area is 120 Å². The Hall–Kier alpha value is -1.10. The van der Waals surface area contributed by atoms with Crippen LogP contribution in [0, 0.1) is 10.8 Å². The predicted octanol–water partition coefficient (Wildman–Crippen LogP) is 1.48. The molecule has 0 aliphatic carbocycles. The maximum atomic E-state index is 12.8. The van der Waals surface area contributed by atoms with Crippen LogP contribution in [0.1, 0.15) is 46.0 Å². The van der Waals surface area contributed by atoms with Gasteiger partial charge in [0, 0.05) is 19.6 Å². The smallest absolute Gasteiger partial charge is 0.311 e. The van der Waals surface area contributed by atoms with E-state index in [1.54, 1.807) is 4.90 Å². The van der Waals surface area contributed by atoms with Crippen molar-refractivity contribution in [1.29, 1.82) is 0 Å². The van der Waals surface area contributed by atoms with Gasteiger partial charge in [-0.25, -0.2) is 0 Å². The molecule has 0 spiro atoms. The number of carbonyl (C=O) groups excluding carboxylic acids is 1. The summed E-state index contributed by atoms with van der Waals surface area (Å²) in [6.07, 6.45) is 3.78. The largest absolute Gasteiger partial charge is 0.481 e. The van der Waals surface area contributed by atoms with Crippen molar-refractivity contribution in [1.82, 2.24) is 10.2 Å². The van der Waals surface area contributed by atoms with Crippen molar-refractivity contribution >= 4 is 11.9 Å². The van der Waals surface area contributed by atoms with Gasteiger partial charge in [-0.15, -0.1) is 0 Å². The summed E-state index contributed by atoms with van der Waals surface area (Å²) in [7, 11) is 0. The van der Waals surface area contributed by atoms with E-state index in [9.17, 15) is 14.7 Å². The Morgan fingerprint density at radius 2 is 2.00 bits per heavy atom. The molecular weight excluding hydrogens is 256 g/mol. The Morgan fingerprint density at radius 3 is 2.50 bits per heavy atom. The van der Waals surface area contributed by atoms with Crippen LogP contribution in [-0.2, 0) is 9.59 Å². The number of nitrogens with one attached hydrogen (secondary N) is 1. The standard InChI is InChI=1S/C15H26N2O3/c1-3-5-15(13(19)20)7-9-17(11-15)12(18)14(4-2)6-8-16-10-14/h16H,3-11H2,1-2H3,(H,19,20). The number of carbonyl (C=O) groups is 2. The molecule has 20 heavy (non-hydrogen) atoms. The van der Waals surface area contributed by atoms with Crippen LogP contribution >= 0.6 is 0 Å². The zero-order valence-electron chi connectivity index (χ0n) is 12.6. The lowest BCUT2D eigenvalue weighted by molar-refractivity contribution is -0.149. The van der Waals surface area contributed by atoms with E-state index in [1.807, 2.05) is 6.92 Å². The molecule has 2 N–H and O–H groups in total. The highest BCUT2D eigenvalue weighted by atomic mass is 16.4. The van der Waals surface area contributed by atoms with Crippen molar-refractivity contribution in [2.24, 2.45) is 10.8 Å². The first kappa shape index (κ1) is 15.3. The molecule has 2 rings (SSSR count). The van der Waals surface area contributed by atoms with Crippen molar-refractivity contribution in [3.8, 4) is 0 Å². The average Bonchev–Trinajstić information content (AvgIpc) is 3.06. The number of carboxylic acid groups (broad SMARTS) is 1. The molecule has 2 heterocycles. The highest BCUT2D eigenvalue weighted by molar-refractivity contribution is 5.85. The first-order valence-corrected chi connectivity index (χ1v) is 7.73. The fourth-order valence-electron chi connectivity index (χ4n) is 3.72. The highest BCUT2D eigenvalue weighted by Crippen LogP contribution is 2.39. The maximum absolute atomic E-state index is 12.8. The van der Waals surface area contributed by atoms with E-state index in [4.69, 9.17) is 0 Å². The molecule has 2 saturated heterocycles. The van der Waals surface area contributed by atoms with Gasteiger partial charge in [0.1, 0.15) is 0 Å². The lowest BCUT2D eigenvalue weighted by atomic mass is 9.81. The molecule has 2 aliphatic rings. The summed E-state index contributed by atoms with van der Waals surface area (Å²) in [5, 5.41) is 12.8. The summed E-state index contributed by atoms with van der Waals surface area (Å²) in [5.74, 6) is -0.589. The third-order valence-electron chi connectivity index (χ3n) is 5.20. The number of hydrogen-bond acceptors (Lipinski definition) is 3. The van der Waals surface area contributed by atoms with Crippen molar-refractivity contribution in [2.45, 2.75) is 46.0 Å². The second-order valence-electron chi connectivity index (χ2n) is 6.37. The van der Waals surface area contributed by atoms with Gasteiger partial charge in [0.05, 0.1) is 10.8 Å². The molecule has 1 amide bonds. The Morgan fingerprint density at radius 1 is 1.25 bits per heavy atom. The summed E-state index contributed by atoms with van der Waals surface area (Å²) >= 11 is 0. The zero-order valence-corrected chi connectivity index (χ0v) is 12.6. The number of aliphatic carboxylic acids is 1. The molecule has 0 aromatic carbocycles. The monoisotopic (exact) mass is 282 g/mol. The summed E-state index contributed by atoms with van der Waals surface area (Å²) in [5.41, 5.74) is -1.02. The van der Waals surface area contributed by atoms with Crippen LogP contribution in [0.3, 0.4) is 0 Å². The number of nitrogens with zero attached hydrogens (tertiary/aromatic N) is 1. The molecule has 0 aromatic rings. The third-order valence-corrected chi connectivity index (χ3v) is 5.20. The molecule has 2 atom stereocenters. The molecule has 2 fully saturated rings. The van der Waals surface area contributed by atoms with Crippen LogP contribution in [0.25, 0.3) is 0 Å². The van der Waals surface area contributed by atoms with Gasteiger partial charge in [0.25, 0.3) is 0 Å². The second-order valence-corrected chi connectivity index (χ2v) is 6.37. The first-order chi connectivity index (χ1) is 9.49. The third kappa shape index (κ3) is 2.43. The van der Waals surface area contributed by atoms with Gasteiger partial charge in [-0.1, -0.05) is 20.3 Å². The van der Waals surface area contributed by atoms with E-state index in [0.717, 1.165) is 32.4 Å². The van der Waals surface area contributed by atoms with E-state index in [2.05, 4.69) is 12.2 Å². The minimum absolute atomic E-state index is 0.157. The molecule has 5 nitrogen and oxygen atoms in total. The molecule has 5 heteroatoms. The van der Waals surface area contributed by atoms with Crippen LogP contribution in [0.5, 0.6) is 0 Å². The summed E-state index contributed by atoms with van der Waals surface area (Å²) < 4.78 is 0. The summed E-state index contributed by atoms with van der Waals surface area (Å²) in [4.78, 5) is 26.2. The number of likely N-dealkylation sites (tertiary alicyclic amines) is 1. The van der Waals surface area contributed by atoms with Crippen LogP contribution in [0.2, 0.25) is 0 Å². The van der Waals surface area contributed by atoms with Gasteiger partial charge in [-0.2, -0.15) is 0 Å². The van der Waals surface area contributed by atoms with E-state index in [-0.39, 0.29) is 11.3 Å². The highest BCUT2D eigenvalue weighted by Gasteiger charge is 2.49. The van der Waals surface area contributed by atoms with Crippen molar-refractivity contribution in [2.75, 3.05) is 26.2 Å². The topological polar surface area (TPSA) is 69.6 Å². The zero-order chi connectivity index (χ0) is 14.8. The minimum atomic E-state index is -0.746. The van der Waals surface area contributed by atoms with Gasteiger partial charge in [-0.3, -0.25) is 9.59 Å². The first-order valence-electron chi connectivity index (χ1n) is 7.73. The Bertz CT molecular complexity index is 391. The minimum Gasteiger partial charge on any atom is -0.481 e. The SMILES string of the molecule is CCCC1(C(=O)O)CCN(C(=O)C2(CC)CCNC2)C1. The summed E-state index contributed by atoms with van der Waals surface area (Å²) in [6, 6.07) is 0. The van der Waals surface area contributed by atoms with Crippen LogP contribution < -0.4 is 5.32 Å². The normalized spacial score (nSPS) is 33.6. The van der Waals surface area contributed by atoms with Crippen LogP contribution in [-0.4, -0.2) is 48.1 Å². The Balaban J connectivity index is 2.12. The Kier molecular flexibility index (Phi) is 4.37. The predicted molar refractivity (Wildman–Crippen MR) is 76.4 cm³/mol. The average molecular weight is 282 g/mol. The molecule has 0 saturated carbocycles. The van der Waals surface area contributed by atoms with Crippen LogP contribution in [0.4, 0.5) is 0 Å². The van der Waals surface area contributed by atoms with E-state index >= 15 is 0 Å². The van der Waals surface area contributed by atoms with Crippen molar-refractivity contribution in [3.05, 3.63) is 0 Å². The van der Waals surface area contributed by atoms with Gasteiger partial charge in [-0.05, 0) is 32.2 Å². The van der Waals surface area contributed by atoms with Gasteiger partial charge < -0.3 is 15.3 Å². The lowest BCUT2D eigenvalue weighted by Crippen LogP contribution is -2.45. The molecule has 114 valence electrons. The van der Waals surface area contributed by atoms with Gasteiger partial charge >= 0.3 is 5.97 Å². The fraction of sp³-hybridized carbons (Fsp3) is 0.867. The molecule has 0 radical (unpaired) electrons. The van der Waals surface area contributed by atoms with E-state index < -0.39 is 11.4 Å². The number of hydrogen-bond donors (Lipinski definition) is 2. The molecule has 0 aromatic heterocycles. The fourth-order valence-corrected chi connectivity index (χ4v) is 3.72. The lowest BCUT2D eigenvalue weighted by Gasteiger charge is -2.32. The van der Waals surface area contributed by atoms with E-state index in [0.29, 0.717) is 25.9 Å². The molecule has 2 unspecified atom stereocenters. The number of rotatable bonds is 5. The van der Waals surface area contributed by atoms with Gasteiger partial charge in [0.15, 0.2) is 0 Å². The van der Waals surface area contributed by atoms with Crippen LogP contribution in [0.15, 0.2) is 0 Å². The van der Waals surface area contributed by atoms with Gasteiger partial charge in [0.2, 0.25) is 5.91 Å². The second kappa shape index (κ2) is 5.72. The molecule has 2 aliphatic heterocycles. The van der Waals surface area contributed by atoms with E-state index in [1.165, 1.54) is 0 Å². The summed E-state index contributed by atoms with van der Waals surface area (Å²) in [6.45, 7) is 6.64. The number of amides is 1. The molecule has 0 bridgehead atoms. The van der Waals surface area contributed by atoms with Crippen molar-refractivity contribution in [3.63, 3.8) is 0 Å². The molecular formula is C15H26N2O3.